The van der Waals surface area contributed by atoms with Gasteiger partial charge in [0.25, 0.3) is 11.6 Å². The highest BCUT2D eigenvalue weighted by Crippen LogP contribution is 2.31. The molecule has 0 radical (unpaired) electrons. The molecular formula is C18H17Cl2N3O5S. The zero-order chi connectivity index (χ0) is 21.3. The number of benzene rings is 2. The zero-order valence-electron chi connectivity index (χ0n) is 15.3. The normalized spacial score (nSPS) is 15.3. The molecule has 29 heavy (non-hydrogen) atoms. The quantitative estimate of drug-likeness (QED) is 0.517. The SMILES string of the molecule is Cc1cc(C(=O)N2CCN(S(=O)(=O)c3cccc(Cl)c3Cl)CC2)ccc1[N+](=O)[O-]. The summed E-state index contributed by atoms with van der Waals surface area (Å²) in [5.74, 6) is -0.305. The van der Waals surface area contributed by atoms with Crippen molar-refractivity contribution in [2.24, 2.45) is 0 Å². The molecule has 8 nitrogen and oxygen atoms in total. The summed E-state index contributed by atoms with van der Waals surface area (Å²) in [6.07, 6.45) is 0. The maximum absolute atomic E-state index is 12.9. The van der Waals surface area contributed by atoms with Crippen LogP contribution in [0.3, 0.4) is 0 Å². The fraction of sp³-hybridized carbons (Fsp3) is 0.278. The summed E-state index contributed by atoms with van der Waals surface area (Å²) in [5.41, 5.74) is 0.649. The molecule has 0 spiro atoms. The van der Waals surface area contributed by atoms with E-state index in [2.05, 4.69) is 0 Å². The largest absolute Gasteiger partial charge is 0.336 e. The number of carbonyl (C=O) groups excluding carboxylic acids is 1. The van der Waals surface area contributed by atoms with Gasteiger partial charge >= 0.3 is 0 Å². The lowest BCUT2D eigenvalue weighted by molar-refractivity contribution is -0.385. The molecule has 1 heterocycles. The van der Waals surface area contributed by atoms with Crippen LogP contribution in [0.15, 0.2) is 41.3 Å². The summed E-state index contributed by atoms with van der Waals surface area (Å²) in [6, 6.07) is 8.58. The van der Waals surface area contributed by atoms with Gasteiger partial charge < -0.3 is 4.90 Å². The fourth-order valence-electron chi connectivity index (χ4n) is 3.13. The minimum atomic E-state index is -3.85. The summed E-state index contributed by atoms with van der Waals surface area (Å²) >= 11 is 12.0. The minimum absolute atomic E-state index is 0.0333. The van der Waals surface area contributed by atoms with Gasteiger partial charge in [-0.05, 0) is 31.2 Å². The van der Waals surface area contributed by atoms with Crippen molar-refractivity contribution in [2.75, 3.05) is 26.2 Å². The van der Waals surface area contributed by atoms with Crippen LogP contribution in [0.25, 0.3) is 0 Å². The summed E-state index contributed by atoms with van der Waals surface area (Å²) in [6.45, 7) is 2.14. The van der Waals surface area contributed by atoms with Crippen molar-refractivity contribution in [3.05, 3.63) is 67.7 Å². The summed E-state index contributed by atoms with van der Waals surface area (Å²) < 4.78 is 27.0. The lowest BCUT2D eigenvalue weighted by Gasteiger charge is -2.34. The average molecular weight is 458 g/mol. The van der Waals surface area contributed by atoms with E-state index in [0.29, 0.717) is 11.1 Å². The number of piperazine rings is 1. The van der Waals surface area contributed by atoms with Crippen molar-refractivity contribution in [1.29, 1.82) is 0 Å². The first-order valence-corrected chi connectivity index (χ1v) is 10.8. The van der Waals surface area contributed by atoms with Crippen LogP contribution in [0.2, 0.25) is 10.0 Å². The Morgan fingerprint density at radius 1 is 1.10 bits per heavy atom. The zero-order valence-corrected chi connectivity index (χ0v) is 17.7. The first-order valence-electron chi connectivity index (χ1n) is 8.61. The van der Waals surface area contributed by atoms with E-state index in [1.54, 1.807) is 6.92 Å². The third-order valence-electron chi connectivity index (χ3n) is 4.70. The maximum Gasteiger partial charge on any atom is 0.272 e. The van der Waals surface area contributed by atoms with Crippen LogP contribution in [0.1, 0.15) is 15.9 Å². The summed E-state index contributed by atoms with van der Waals surface area (Å²) in [5, 5.41) is 11.0. The van der Waals surface area contributed by atoms with Crippen molar-refractivity contribution in [2.45, 2.75) is 11.8 Å². The highest BCUT2D eigenvalue weighted by Gasteiger charge is 2.32. The van der Waals surface area contributed by atoms with E-state index in [1.165, 1.54) is 45.6 Å². The van der Waals surface area contributed by atoms with Gasteiger partial charge in [0.05, 0.1) is 15.0 Å². The van der Waals surface area contributed by atoms with E-state index in [9.17, 15) is 23.3 Å². The molecular weight excluding hydrogens is 441 g/mol. The number of hydrogen-bond donors (Lipinski definition) is 0. The summed E-state index contributed by atoms with van der Waals surface area (Å²) in [7, 11) is -3.85. The Morgan fingerprint density at radius 2 is 1.76 bits per heavy atom. The molecule has 1 amide bonds. The number of nitrogens with zero attached hydrogens (tertiary/aromatic N) is 3. The second-order valence-electron chi connectivity index (χ2n) is 6.51. The van der Waals surface area contributed by atoms with Gasteiger partial charge in [-0.3, -0.25) is 14.9 Å². The van der Waals surface area contributed by atoms with Gasteiger partial charge in [-0.2, -0.15) is 4.31 Å². The van der Waals surface area contributed by atoms with Crippen molar-refractivity contribution in [1.82, 2.24) is 9.21 Å². The molecule has 1 fully saturated rings. The number of nitro benzene ring substituents is 1. The number of aryl methyl sites for hydroxylation is 1. The van der Waals surface area contributed by atoms with Crippen LogP contribution in [-0.2, 0) is 10.0 Å². The number of hydrogen-bond acceptors (Lipinski definition) is 5. The first-order chi connectivity index (χ1) is 13.6. The third-order valence-corrected chi connectivity index (χ3v) is 7.57. The van der Waals surface area contributed by atoms with Gasteiger partial charge in [-0.25, -0.2) is 8.42 Å². The second-order valence-corrected chi connectivity index (χ2v) is 9.20. The molecule has 11 heteroatoms. The monoisotopic (exact) mass is 457 g/mol. The van der Waals surface area contributed by atoms with Gasteiger partial charge in [-0.15, -0.1) is 0 Å². The topological polar surface area (TPSA) is 101 Å². The van der Waals surface area contributed by atoms with E-state index in [-0.39, 0.29) is 52.7 Å². The lowest BCUT2D eigenvalue weighted by Crippen LogP contribution is -2.50. The Morgan fingerprint density at radius 3 is 2.34 bits per heavy atom. The second kappa shape index (κ2) is 8.27. The maximum atomic E-state index is 12.9. The Balaban J connectivity index is 1.73. The van der Waals surface area contributed by atoms with Gasteiger partial charge in [0, 0.05) is 43.4 Å². The molecule has 2 aromatic rings. The van der Waals surface area contributed by atoms with Gasteiger partial charge in [0.1, 0.15) is 4.90 Å². The van der Waals surface area contributed by atoms with E-state index in [1.807, 2.05) is 0 Å². The third kappa shape index (κ3) is 4.23. The van der Waals surface area contributed by atoms with Crippen molar-refractivity contribution in [3.63, 3.8) is 0 Å². The molecule has 0 aromatic heterocycles. The van der Waals surface area contributed by atoms with Crippen LogP contribution >= 0.6 is 23.2 Å². The predicted octanol–water partition coefficient (Wildman–Crippen LogP) is 3.36. The predicted molar refractivity (Wildman–Crippen MR) is 109 cm³/mol. The number of amides is 1. The highest BCUT2D eigenvalue weighted by molar-refractivity contribution is 7.89. The van der Waals surface area contributed by atoms with E-state index >= 15 is 0 Å². The van der Waals surface area contributed by atoms with Crippen molar-refractivity contribution >= 4 is 44.8 Å². The molecule has 0 bridgehead atoms. The number of nitro groups is 1. The van der Waals surface area contributed by atoms with Crippen LogP contribution < -0.4 is 0 Å². The molecule has 2 aromatic carbocycles. The van der Waals surface area contributed by atoms with E-state index < -0.39 is 14.9 Å². The minimum Gasteiger partial charge on any atom is -0.336 e. The van der Waals surface area contributed by atoms with Crippen molar-refractivity contribution < 1.29 is 18.1 Å². The molecule has 154 valence electrons. The highest BCUT2D eigenvalue weighted by atomic mass is 35.5. The van der Waals surface area contributed by atoms with Crippen molar-refractivity contribution in [3.8, 4) is 0 Å². The van der Waals surface area contributed by atoms with Gasteiger partial charge in [0.15, 0.2) is 0 Å². The Hall–Kier alpha value is -2.20. The number of carbonyl (C=O) groups is 1. The van der Waals surface area contributed by atoms with Crippen LogP contribution in [0.5, 0.6) is 0 Å². The molecule has 1 aliphatic rings. The summed E-state index contributed by atoms with van der Waals surface area (Å²) in [4.78, 5) is 24.6. The Bertz CT molecular complexity index is 1080. The molecule has 3 rings (SSSR count). The van der Waals surface area contributed by atoms with Gasteiger partial charge in [-0.1, -0.05) is 29.3 Å². The van der Waals surface area contributed by atoms with Crippen LogP contribution in [-0.4, -0.2) is 54.6 Å². The average Bonchev–Trinajstić information content (AvgIpc) is 2.69. The molecule has 1 aliphatic heterocycles. The smallest absolute Gasteiger partial charge is 0.272 e. The number of halogens is 2. The molecule has 0 atom stereocenters. The number of rotatable bonds is 4. The molecule has 0 N–H and O–H groups in total. The van der Waals surface area contributed by atoms with E-state index in [0.717, 1.165) is 0 Å². The lowest BCUT2D eigenvalue weighted by atomic mass is 10.1. The first kappa shape index (κ1) is 21.5. The number of sulfonamides is 1. The Kier molecular flexibility index (Phi) is 6.13. The van der Waals surface area contributed by atoms with Crippen LogP contribution in [0.4, 0.5) is 5.69 Å². The molecule has 1 saturated heterocycles. The van der Waals surface area contributed by atoms with E-state index in [4.69, 9.17) is 23.2 Å². The fourth-order valence-corrected chi connectivity index (χ4v) is 5.29. The molecule has 0 unspecified atom stereocenters. The standard InChI is InChI=1S/C18H17Cl2N3O5S/c1-12-11-13(5-6-15(12)23(25)26)18(24)21-7-9-22(10-8-21)29(27,28)16-4-2-3-14(19)17(16)20/h2-6,11H,7-10H2,1H3. The molecule has 0 aliphatic carbocycles. The van der Waals surface area contributed by atoms with Gasteiger partial charge in [0.2, 0.25) is 10.0 Å². The molecule has 0 saturated carbocycles. The van der Waals surface area contributed by atoms with Crippen LogP contribution in [0, 0.1) is 17.0 Å². The Labute approximate surface area is 177 Å².